The van der Waals surface area contributed by atoms with E-state index in [0.717, 1.165) is 5.56 Å². The van der Waals surface area contributed by atoms with Crippen LogP contribution < -0.4 is 10.5 Å². The molecule has 1 aliphatic rings. The Bertz CT molecular complexity index is 1560. The minimum atomic E-state index is -0.339. The van der Waals surface area contributed by atoms with Gasteiger partial charge in [-0.05, 0) is 55.8 Å². The van der Waals surface area contributed by atoms with Crippen molar-refractivity contribution in [1.82, 2.24) is 19.4 Å². The van der Waals surface area contributed by atoms with Crippen molar-refractivity contribution in [3.05, 3.63) is 98.9 Å². The van der Waals surface area contributed by atoms with Crippen molar-refractivity contribution in [3.8, 4) is 6.07 Å². The summed E-state index contributed by atoms with van der Waals surface area (Å²) in [4.78, 5) is 26.4. The van der Waals surface area contributed by atoms with Crippen molar-refractivity contribution in [1.29, 1.82) is 5.26 Å². The summed E-state index contributed by atoms with van der Waals surface area (Å²) in [5.41, 5.74) is 3.75. The maximum absolute atomic E-state index is 14.3. The summed E-state index contributed by atoms with van der Waals surface area (Å²) < 4.78 is 15.8. The number of piperazine rings is 1. The van der Waals surface area contributed by atoms with E-state index in [9.17, 15) is 14.4 Å². The van der Waals surface area contributed by atoms with E-state index < -0.39 is 0 Å². The standard InChI is InChI=1S/C28H26ClFN6O/c1-17-16-36(28(19-4-6-20(29)7-5-19)23-12-21(30)10-11-32-23)18(2)15-35(17)25-13-26(37)34(3)24-9-8-22(14-31)33-27(24)25/h4-13,17-18,28H,15-16H2,1-3H3/t17-,18+,28?/m0/s1. The van der Waals surface area contributed by atoms with Crippen LogP contribution >= 0.6 is 11.6 Å². The molecule has 7 nitrogen and oxygen atoms in total. The molecule has 1 fully saturated rings. The van der Waals surface area contributed by atoms with Gasteiger partial charge in [0.25, 0.3) is 5.56 Å². The molecule has 4 heterocycles. The molecule has 4 aromatic rings. The number of aryl methyl sites for hydroxylation is 1. The first-order chi connectivity index (χ1) is 17.8. The van der Waals surface area contributed by atoms with Crippen LogP contribution in [0.5, 0.6) is 0 Å². The quantitative estimate of drug-likeness (QED) is 0.392. The average Bonchev–Trinajstić information content (AvgIpc) is 2.89. The zero-order chi connectivity index (χ0) is 26.3. The van der Waals surface area contributed by atoms with Crippen LogP contribution in [0.3, 0.4) is 0 Å². The lowest BCUT2D eigenvalue weighted by molar-refractivity contribution is 0.127. The van der Waals surface area contributed by atoms with Crippen LogP contribution in [0.4, 0.5) is 10.1 Å². The molecule has 9 heteroatoms. The molecule has 0 bridgehead atoms. The highest BCUT2D eigenvalue weighted by Gasteiger charge is 2.36. The van der Waals surface area contributed by atoms with E-state index in [1.165, 1.54) is 18.3 Å². The van der Waals surface area contributed by atoms with Crippen LogP contribution in [0.15, 0.2) is 65.6 Å². The third-order valence-electron chi connectivity index (χ3n) is 7.07. The van der Waals surface area contributed by atoms with Gasteiger partial charge in [0.05, 0.1) is 22.9 Å². The summed E-state index contributed by atoms with van der Waals surface area (Å²) in [6.07, 6.45) is 1.49. The Hall–Kier alpha value is -3.80. The van der Waals surface area contributed by atoms with E-state index in [-0.39, 0.29) is 29.5 Å². The Labute approximate surface area is 219 Å². The smallest absolute Gasteiger partial charge is 0.252 e. The number of rotatable bonds is 4. The zero-order valence-electron chi connectivity index (χ0n) is 20.8. The lowest BCUT2D eigenvalue weighted by Crippen LogP contribution is -2.57. The molecule has 1 saturated heterocycles. The molecular weight excluding hydrogens is 491 g/mol. The molecule has 3 aromatic heterocycles. The van der Waals surface area contributed by atoms with Crippen LogP contribution in [-0.4, -0.2) is 44.6 Å². The van der Waals surface area contributed by atoms with Gasteiger partial charge < -0.3 is 9.47 Å². The van der Waals surface area contributed by atoms with E-state index >= 15 is 0 Å². The van der Waals surface area contributed by atoms with Crippen LogP contribution in [0.2, 0.25) is 5.02 Å². The Kier molecular flexibility index (Phi) is 6.67. The molecule has 188 valence electrons. The molecule has 0 radical (unpaired) electrons. The van der Waals surface area contributed by atoms with Gasteiger partial charge in [0.15, 0.2) is 0 Å². The molecule has 1 unspecified atom stereocenters. The maximum Gasteiger partial charge on any atom is 0.252 e. The van der Waals surface area contributed by atoms with Crippen LogP contribution in [0.1, 0.15) is 36.8 Å². The maximum atomic E-state index is 14.3. The van der Waals surface area contributed by atoms with Crippen LogP contribution in [-0.2, 0) is 7.05 Å². The molecule has 1 aliphatic heterocycles. The third-order valence-corrected chi connectivity index (χ3v) is 7.32. The highest BCUT2D eigenvalue weighted by atomic mass is 35.5. The Balaban J connectivity index is 1.56. The molecular formula is C28H26ClFN6O. The number of pyridine rings is 3. The third kappa shape index (κ3) is 4.68. The van der Waals surface area contributed by atoms with Crippen molar-refractivity contribution < 1.29 is 4.39 Å². The zero-order valence-corrected chi connectivity index (χ0v) is 21.5. The molecule has 37 heavy (non-hydrogen) atoms. The van der Waals surface area contributed by atoms with Crippen molar-refractivity contribution in [2.24, 2.45) is 7.05 Å². The van der Waals surface area contributed by atoms with E-state index in [1.54, 1.807) is 29.8 Å². The van der Waals surface area contributed by atoms with Crippen LogP contribution in [0.25, 0.3) is 11.0 Å². The lowest BCUT2D eigenvalue weighted by Gasteiger charge is -2.48. The van der Waals surface area contributed by atoms with Gasteiger partial charge in [0.1, 0.15) is 23.1 Å². The van der Waals surface area contributed by atoms with Crippen molar-refractivity contribution >= 4 is 28.3 Å². The number of hydrogen-bond donors (Lipinski definition) is 0. The number of aromatic nitrogens is 3. The molecule has 0 N–H and O–H groups in total. The average molecular weight is 517 g/mol. The number of hydrogen-bond acceptors (Lipinski definition) is 6. The molecule has 0 saturated carbocycles. The first kappa shape index (κ1) is 24.9. The van der Waals surface area contributed by atoms with Crippen molar-refractivity contribution in [2.45, 2.75) is 32.0 Å². The second-order valence-electron chi connectivity index (χ2n) is 9.50. The van der Waals surface area contributed by atoms with Gasteiger partial charge in [-0.1, -0.05) is 23.7 Å². The monoisotopic (exact) mass is 516 g/mol. The Morgan fingerprint density at radius 2 is 1.84 bits per heavy atom. The summed E-state index contributed by atoms with van der Waals surface area (Å²) in [5, 5.41) is 10.1. The predicted molar refractivity (Wildman–Crippen MR) is 142 cm³/mol. The topological polar surface area (TPSA) is 78.0 Å². The highest BCUT2D eigenvalue weighted by Crippen LogP contribution is 2.35. The number of benzene rings is 1. The van der Waals surface area contributed by atoms with Gasteiger partial charge in [-0.3, -0.25) is 14.7 Å². The summed E-state index contributed by atoms with van der Waals surface area (Å²) in [5.74, 6) is -0.339. The molecule has 0 aliphatic carbocycles. The molecule has 3 atom stereocenters. The van der Waals surface area contributed by atoms with E-state index in [2.05, 4.69) is 39.7 Å². The van der Waals surface area contributed by atoms with E-state index in [4.69, 9.17) is 11.6 Å². The second kappa shape index (κ2) is 9.92. The molecule has 1 aromatic carbocycles. The lowest BCUT2D eigenvalue weighted by atomic mass is 9.96. The van der Waals surface area contributed by atoms with Crippen LogP contribution in [0, 0.1) is 17.1 Å². The Morgan fingerprint density at radius 1 is 1.08 bits per heavy atom. The van der Waals surface area contributed by atoms with Gasteiger partial charge in [0.2, 0.25) is 0 Å². The van der Waals surface area contributed by atoms with Gasteiger partial charge in [-0.2, -0.15) is 5.26 Å². The molecule has 0 amide bonds. The normalized spacial score (nSPS) is 19.1. The van der Waals surface area contributed by atoms with E-state index in [0.29, 0.717) is 46.2 Å². The van der Waals surface area contributed by atoms with Gasteiger partial charge in [-0.15, -0.1) is 0 Å². The van der Waals surface area contributed by atoms with Gasteiger partial charge in [0, 0.05) is 49.5 Å². The van der Waals surface area contributed by atoms with Crippen molar-refractivity contribution in [2.75, 3.05) is 18.0 Å². The SMILES string of the molecule is C[C@@H]1CN(c2cc(=O)n(C)c3ccc(C#N)nc23)[C@@H](C)CN1C(c1ccc(Cl)cc1)c1cc(F)ccn1. The summed E-state index contributed by atoms with van der Waals surface area (Å²) in [6.45, 7) is 5.43. The largest absolute Gasteiger partial charge is 0.364 e. The first-order valence-corrected chi connectivity index (χ1v) is 12.4. The highest BCUT2D eigenvalue weighted by molar-refractivity contribution is 6.30. The molecule has 0 spiro atoms. The van der Waals surface area contributed by atoms with E-state index in [1.807, 2.05) is 24.3 Å². The fraction of sp³-hybridized carbons (Fsp3) is 0.286. The number of nitriles is 1. The fourth-order valence-electron chi connectivity index (χ4n) is 5.19. The summed E-state index contributed by atoms with van der Waals surface area (Å²) in [6, 6.07) is 17.2. The summed E-state index contributed by atoms with van der Waals surface area (Å²) in [7, 11) is 1.70. The number of anilines is 1. The Morgan fingerprint density at radius 3 is 2.54 bits per heavy atom. The predicted octanol–water partition coefficient (Wildman–Crippen LogP) is 4.68. The minimum absolute atomic E-state index is 0.0117. The number of halogens is 2. The molecule has 5 rings (SSSR count). The van der Waals surface area contributed by atoms with Gasteiger partial charge >= 0.3 is 0 Å². The van der Waals surface area contributed by atoms with Crippen molar-refractivity contribution in [3.63, 3.8) is 0 Å². The summed E-state index contributed by atoms with van der Waals surface area (Å²) >= 11 is 6.16. The second-order valence-corrected chi connectivity index (χ2v) is 9.94. The minimum Gasteiger partial charge on any atom is -0.364 e. The number of nitrogens with zero attached hydrogens (tertiary/aromatic N) is 6. The fourth-order valence-corrected chi connectivity index (χ4v) is 5.32. The first-order valence-electron chi connectivity index (χ1n) is 12.1. The number of fused-ring (bicyclic) bond motifs is 1. The van der Waals surface area contributed by atoms with Gasteiger partial charge in [-0.25, -0.2) is 9.37 Å².